The first kappa shape index (κ1) is 13.4. The average Bonchev–Trinajstić information content (AvgIpc) is 3.15. The largest absolute Gasteiger partial charge is 0.507 e. The molecule has 0 aliphatic heterocycles. The number of phenolic OH excluding ortho intramolecular Hbond substituents is 1. The topological polar surface area (TPSA) is 69.6 Å². The quantitative estimate of drug-likeness (QED) is 0.852. The molecular weight excluding hydrogens is 244 g/mol. The molecule has 0 aromatic heterocycles. The molecule has 1 fully saturated rings. The van der Waals surface area contributed by atoms with E-state index in [1.165, 1.54) is 11.0 Å². The minimum absolute atomic E-state index is 0.00269. The maximum absolute atomic E-state index is 12.1. The number of likely N-dealkylation sites (N-methyl/N-ethyl adjacent to an activating group) is 1. The number of carbonyl (C=O) groups excluding carboxylic acids is 2. The van der Waals surface area contributed by atoms with Gasteiger partial charge in [-0.15, -0.1) is 0 Å². The van der Waals surface area contributed by atoms with Crippen LogP contribution in [0.25, 0.3) is 0 Å². The second-order valence-electron chi connectivity index (χ2n) is 5.02. The van der Waals surface area contributed by atoms with Gasteiger partial charge in [0.15, 0.2) is 0 Å². The molecule has 1 aliphatic rings. The summed E-state index contributed by atoms with van der Waals surface area (Å²) in [6, 6.07) is 5.11. The van der Waals surface area contributed by atoms with Crippen LogP contribution in [0.1, 0.15) is 28.8 Å². The summed E-state index contributed by atoms with van der Waals surface area (Å²) < 4.78 is 0. The van der Waals surface area contributed by atoms with Gasteiger partial charge in [0.25, 0.3) is 5.91 Å². The molecule has 0 spiro atoms. The first-order chi connectivity index (χ1) is 8.97. The number of nitrogens with one attached hydrogen (secondary N) is 1. The first-order valence-corrected chi connectivity index (χ1v) is 6.32. The van der Waals surface area contributed by atoms with E-state index in [-0.39, 0.29) is 35.7 Å². The number of carbonyl (C=O) groups is 2. The highest BCUT2D eigenvalue weighted by molar-refractivity contribution is 5.98. The van der Waals surface area contributed by atoms with E-state index in [9.17, 15) is 14.7 Å². The van der Waals surface area contributed by atoms with Gasteiger partial charge in [-0.05, 0) is 31.9 Å². The first-order valence-electron chi connectivity index (χ1n) is 6.32. The Morgan fingerprint density at radius 2 is 2.11 bits per heavy atom. The van der Waals surface area contributed by atoms with Crippen molar-refractivity contribution in [1.82, 2.24) is 10.2 Å². The molecule has 5 nitrogen and oxygen atoms in total. The molecule has 2 amide bonds. The highest BCUT2D eigenvalue weighted by Crippen LogP contribution is 2.20. The Morgan fingerprint density at radius 3 is 2.74 bits per heavy atom. The van der Waals surface area contributed by atoms with Gasteiger partial charge in [-0.1, -0.05) is 11.6 Å². The zero-order valence-electron chi connectivity index (χ0n) is 11.1. The molecule has 0 bridgehead atoms. The highest BCUT2D eigenvalue weighted by atomic mass is 16.3. The van der Waals surface area contributed by atoms with Crippen LogP contribution in [0.2, 0.25) is 0 Å². The lowest BCUT2D eigenvalue weighted by molar-refractivity contribution is -0.121. The maximum Gasteiger partial charge on any atom is 0.257 e. The van der Waals surface area contributed by atoms with E-state index in [0.29, 0.717) is 0 Å². The van der Waals surface area contributed by atoms with Crippen LogP contribution in [-0.4, -0.2) is 41.5 Å². The summed E-state index contributed by atoms with van der Waals surface area (Å²) >= 11 is 0. The Bertz CT molecular complexity index is 509. The van der Waals surface area contributed by atoms with E-state index in [1.807, 2.05) is 6.92 Å². The molecule has 0 radical (unpaired) electrons. The molecule has 0 saturated heterocycles. The lowest BCUT2D eigenvalue weighted by Crippen LogP contribution is -2.39. The van der Waals surface area contributed by atoms with E-state index in [1.54, 1.807) is 19.2 Å². The summed E-state index contributed by atoms with van der Waals surface area (Å²) in [6.07, 6.45) is 2.03. The number of nitrogens with zero attached hydrogens (tertiary/aromatic N) is 1. The molecule has 1 saturated carbocycles. The minimum Gasteiger partial charge on any atom is -0.507 e. The van der Waals surface area contributed by atoms with Crippen LogP contribution in [0.5, 0.6) is 5.75 Å². The summed E-state index contributed by atoms with van der Waals surface area (Å²) in [4.78, 5) is 25.1. The number of hydrogen-bond acceptors (Lipinski definition) is 3. The van der Waals surface area contributed by atoms with Crippen molar-refractivity contribution in [3.05, 3.63) is 29.3 Å². The van der Waals surface area contributed by atoms with Crippen molar-refractivity contribution in [1.29, 1.82) is 0 Å². The molecule has 0 atom stereocenters. The van der Waals surface area contributed by atoms with Crippen molar-refractivity contribution in [3.8, 4) is 5.75 Å². The lowest BCUT2D eigenvalue weighted by Gasteiger charge is -2.17. The van der Waals surface area contributed by atoms with Crippen molar-refractivity contribution < 1.29 is 14.7 Å². The molecule has 5 heteroatoms. The minimum atomic E-state index is -0.354. The number of amides is 2. The van der Waals surface area contributed by atoms with Gasteiger partial charge in [0.05, 0.1) is 12.1 Å². The summed E-state index contributed by atoms with van der Waals surface area (Å²) in [7, 11) is 1.55. The zero-order chi connectivity index (χ0) is 14.0. The average molecular weight is 262 g/mol. The number of aryl methyl sites for hydroxylation is 1. The third kappa shape index (κ3) is 3.47. The molecule has 2 N–H and O–H groups in total. The fraction of sp³-hybridized carbons (Fsp3) is 0.429. The smallest absolute Gasteiger partial charge is 0.257 e. The normalized spacial score (nSPS) is 14.0. The van der Waals surface area contributed by atoms with Gasteiger partial charge < -0.3 is 15.3 Å². The number of rotatable bonds is 4. The maximum atomic E-state index is 12.1. The van der Waals surface area contributed by atoms with Gasteiger partial charge in [-0.2, -0.15) is 0 Å². The standard InChI is InChI=1S/C14H18N2O3/c1-9-3-6-12(17)11(7-9)14(19)16(2)8-13(18)15-10-4-5-10/h3,6-7,10,17H,4-5,8H2,1-2H3,(H,15,18). The highest BCUT2D eigenvalue weighted by Gasteiger charge is 2.25. The van der Waals surface area contributed by atoms with Crippen LogP contribution in [-0.2, 0) is 4.79 Å². The number of aromatic hydroxyl groups is 1. The van der Waals surface area contributed by atoms with Crippen LogP contribution in [0.4, 0.5) is 0 Å². The molecule has 19 heavy (non-hydrogen) atoms. The van der Waals surface area contributed by atoms with Crippen molar-refractivity contribution >= 4 is 11.8 Å². The second-order valence-corrected chi connectivity index (χ2v) is 5.02. The number of phenols is 1. The predicted molar refractivity (Wildman–Crippen MR) is 71.0 cm³/mol. The van der Waals surface area contributed by atoms with Crippen LogP contribution in [0.15, 0.2) is 18.2 Å². The van der Waals surface area contributed by atoms with Gasteiger partial charge in [0.2, 0.25) is 5.91 Å². The van der Waals surface area contributed by atoms with Crippen molar-refractivity contribution in [2.75, 3.05) is 13.6 Å². The van der Waals surface area contributed by atoms with Gasteiger partial charge in [0, 0.05) is 13.1 Å². The summed E-state index contributed by atoms with van der Waals surface area (Å²) in [5, 5.41) is 12.5. The van der Waals surface area contributed by atoms with Gasteiger partial charge >= 0.3 is 0 Å². The Balaban J connectivity index is 2.01. The molecule has 0 heterocycles. The monoisotopic (exact) mass is 262 g/mol. The fourth-order valence-electron chi connectivity index (χ4n) is 1.82. The Hall–Kier alpha value is -2.04. The van der Waals surface area contributed by atoms with Crippen LogP contribution >= 0.6 is 0 Å². The van der Waals surface area contributed by atoms with Crippen LogP contribution in [0, 0.1) is 6.92 Å². The molecule has 1 aromatic carbocycles. The molecule has 1 aromatic rings. The Kier molecular flexibility index (Phi) is 3.74. The molecule has 1 aliphatic carbocycles. The summed E-state index contributed by atoms with van der Waals surface area (Å²) in [5.41, 5.74) is 1.11. The molecule has 0 unspecified atom stereocenters. The van der Waals surface area contributed by atoms with Crippen LogP contribution < -0.4 is 5.32 Å². The van der Waals surface area contributed by atoms with E-state index in [0.717, 1.165) is 18.4 Å². The molecule has 2 rings (SSSR count). The second kappa shape index (κ2) is 5.30. The Morgan fingerprint density at radius 1 is 1.42 bits per heavy atom. The fourth-order valence-corrected chi connectivity index (χ4v) is 1.82. The van der Waals surface area contributed by atoms with Crippen LogP contribution in [0.3, 0.4) is 0 Å². The SMILES string of the molecule is Cc1ccc(O)c(C(=O)N(C)CC(=O)NC2CC2)c1. The molecule has 102 valence electrons. The van der Waals surface area contributed by atoms with Gasteiger partial charge in [0.1, 0.15) is 5.75 Å². The van der Waals surface area contributed by atoms with E-state index < -0.39 is 0 Å². The van der Waals surface area contributed by atoms with Crippen molar-refractivity contribution in [2.45, 2.75) is 25.8 Å². The third-order valence-corrected chi connectivity index (χ3v) is 3.05. The zero-order valence-corrected chi connectivity index (χ0v) is 11.1. The summed E-state index contributed by atoms with van der Waals surface area (Å²) in [5.74, 6) is -0.581. The third-order valence-electron chi connectivity index (χ3n) is 3.05. The van der Waals surface area contributed by atoms with Gasteiger partial charge in [-0.3, -0.25) is 9.59 Å². The number of benzene rings is 1. The predicted octanol–water partition coefficient (Wildman–Crippen LogP) is 1.05. The molecular formula is C14H18N2O3. The van der Waals surface area contributed by atoms with Gasteiger partial charge in [-0.25, -0.2) is 0 Å². The Labute approximate surface area is 112 Å². The van der Waals surface area contributed by atoms with E-state index in [4.69, 9.17) is 0 Å². The van der Waals surface area contributed by atoms with Crippen molar-refractivity contribution in [2.24, 2.45) is 0 Å². The number of hydrogen-bond donors (Lipinski definition) is 2. The van der Waals surface area contributed by atoms with E-state index >= 15 is 0 Å². The van der Waals surface area contributed by atoms with Crippen molar-refractivity contribution in [3.63, 3.8) is 0 Å². The van der Waals surface area contributed by atoms with E-state index in [2.05, 4.69) is 5.32 Å². The summed E-state index contributed by atoms with van der Waals surface area (Å²) in [6.45, 7) is 1.85. The lowest BCUT2D eigenvalue weighted by atomic mass is 10.1.